The second-order valence-electron chi connectivity index (χ2n) is 6.08. The van der Waals surface area contributed by atoms with Crippen molar-refractivity contribution >= 4 is 5.97 Å². The van der Waals surface area contributed by atoms with Crippen molar-refractivity contribution in [2.75, 3.05) is 0 Å². The number of allylic oxidation sites excluding steroid dienone is 2. The highest BCUT2D eigenvalue weighted by Crippen LogP contribution is 2.47. The zero-order chi connectivity index (χ0) is 13.8. The van der Waals surface area contributed by atoms with E-state index >= 15 is 0 Å². The van der Waals surface area contributed by atoms with E-state index in [1.165, 1.54) is 5.57 Å². The van der Waals surface area contributed by atoms with Crippen LogP contribution in [-0.4, -0.2) is 35.0 Å². The summed E-state index contributed by atoms with van der Waals surface area (Å²) in [6, 6.07) is 0. The van der Waals surface area contributed by atoms with Crippen LogP contribution in [0, 0.1) is 5.92 Å². The van der Waals surface area contributed by atoms with Gasteiger partial charge < -0.3 is 14.6 Å². The number of carbonyl (C=O) groups is 1. The Bertz CT molecular complexity index is 467. The minimum Gasteiger partial charge on any atom is -0.453 e. The Balaban J connectivity index is 1.83. The molecule has 0 aromatic heterocycles. The maximum Gasteiger partial charge on any atom is 0.336 e. The third-order valence-corrected chi connectivity index (χ3v) is 4.88. The monoisotopic (exact) mass is 264 g/mol. The Morgan fingerprint density at radius 1 is 1.53 bits per heavy atom. The summed E-state index contributed by atoms with van der Waals surface area (Å²) in [4.78, 5) is 11.4. The van der Waals surface area contributed by atoms with E-state index in [9.17, 15) is 9.90 Å². The van der Waals surface area contributed by atoms with Crippen molar-refractivity contribution in [1.82, 2.24) is 0 Å². The van der Waals surface area contributed by atoms with E-state index in [0.717, 1.165) is 19.3 Å². The predicted octanol–water partition coefficient (Wildman–Crippen LogP) is 1.73. The molecule has 2 unspecified atom stereocenters. The Hall–Kier alpha value is -1.13. The van der Waals surface area contributed by atoms with E-state index in [2.05, 4.69) is 19.6 Å². The van der Waals surface area contributed by atoms with Gasteiger partial charge in [-0.15, -0.1) is 0 Å². The number of aliphatic hydroxyl groups excluding tert-OH is 1. The molecule has 0 amide bonds. The summed E-state index contributed by atoms with van der Waals surface area (Å²) >= 11 is 0. The molecule has 1 aliphatic carbocycles. The zero-order valence-electron chi connectivity index (χ0n) is 11.4. The van der Waals surface area contributed by atoms with Crippen LogP contribution in [0.15, 0.2) is 23.8 Å². The number of hydrogen-bond acceptors (Lipinski definition) is 4. The highest BCUT2D eigenvalue weighted by Gasteiger charge is 2.61. The summed E-state index contributed by atoms with van der Waals surface area (Å²) < 4.78 is 11.2. The molecule has 0 aromatic rings. The first kappa shape index (κ1) is 12.9. The summed E-state index contributed by atoms with van der Waals surface area (Å²) in [5.74, 6) is -0.196. The first-order valence-corrected chi connectivity index (χ1v) is 6.85. The van der Waals surface area contributed by atoms with E-state index in [1.54, 1.807) is 0 Å². The summed E-state index contributed by atoms with van der Waals surface area (Å²) in [6.07, 6.45) is 3.29. The van der Waals surface area contributed by atoms with Crippen LogP contribution in [-0.2, 0) is 14.3 Å². The second kappa shape index (κ2) is 4.18. The number of esters is 1. The molecule has 4 heteroatoms. The zero-order valence-corrected chi connectivity index (χ0v) is 11.4. The molecular weight excluding hydrogens is 244 g/mol. The van der Waals surface area contributed by atoms with E-state index in [0.29, 0.717) is 5.57 Å². The van der Waals surface area contributed by atoms with Gasteiger partial charge in [-0.25, -0.2) is 4.79 Å². The van der Waals surface area contributed by atoms with Gasteiger partial charge in [0.25, 0.3) is 0 Å². The van der Waals surface area contributed by atoms with Crippen LogP contribution in [0.3, 0.4) is 0 Å². The molecule has 2 aliphatic heterocycles. The highest BCUT2D eigenvalue weighted by molar-refractivity contribution is 5.91. The minimum absolute atomic E-state index is 0.253. The van der Waals surface area contributed by atoms with Gasteiger partial charge in [0.1, 0.15) is 12.2 Å². The Labute approximate surface area is 113 Å². The van der Waals surface area contributed by atoms with Crippen LogP contribution >= 0.6 is 0 Å². The molecule has 3 rings (SSSR count). The van der Waals surface area contributed by atoms with Crippen molar-refractivity contribution in [2.24, 2.45) is 5.92 Å². The Kier molecular flexibility index (Phi) is 2.84. The van der Waals surface area contributed by atoms with Crippen molar-refractivity contribution in [2.45, 2.75) is 57.0 Å². The number of fused-ring (bicyclic) bond motifs is 1. The van der Waals surface area contributed by atoms with Gasteiger partial charge >= 0.3 is 5.97 Å². The van der Waals surface area contributed by atoms with Crippen molar-refractivity contribution in [3.8, 4) is 0 Å². The maximum absolute atomic E-state index is 11.4. The Morgan fingerprint density at radius 2 is 2.26 bits per heavy atom. The Morgan fingerprint density at radius 3 is 2.84 bits per heavy atom. The van der Waals surface area contributed by atoms with Gasteiger partial charge in [-0.2, -0.15) is 0 Å². The summed E-state index contributed by atoms with van der Waals surface area (Å²) in [7, 11) is 0. The fourth-order valence-electron chi connectivity index (χ4n) is 3.44. The second-order valence-corrected chi connectivity index (χ2v) is 6.08. The SMILES string of the molecule is C=C1C(=O)OC2C1O[C@@](C)([C@@H]1CC=C(C)CC1)[C@@H]2O. The van der Waals surface area contributed by atoms with Gasteiger partial charge in [0.15, 0.2) is 6.10 Å². The van der Waals surface area contributed by atoms with E-state index in [4.69, 9.17) is 9.47 Å². The van der Waals surface area contributed by atoms with Gasteiger partial charge in [-0.05, 0) is 39.0 Å². The molecule has 0 spiro atoms. The molecule has 0 bridgehead atoms. The van der Waals surface area contributed by atoms with Crippen LogP contribution < -0.4 is 0 Å². The van der Waals surface area contributed by atoms with Crippen LogP contribution in [0.1, 0.15) is 33.1 Å². The third kappa shape index (κ3) is 1.77. The molecule has 2 saturated heterocycles. The van der Waals surface area contributed by atoms with Crippen LogP contribution in [0.4, 0.5) is 0 Å². The van der Waals surface area contributed by atoms with Crippen LogP contribution in [0.25, 0.3) is 0 Å². The quantitative estimate of drug-likeness (QED) is 0.445. The van der Waals surface area contributed by atoms with Crippen LogP contribution in [0.2, 0.25) is 0 Å². The van der Waals surface area contributed by atoms with E-state index < -0.39 is 29.9 Å². The van der Waals surface area contributed by atoms with Gasteiger partial charge in [0, 0.05) is 0 Å². The van der Waals surface area contributed by atoms with E-state index in [1.807, 2.05) is 6.92 Å². The smallest absolute Gasteiger partial charge is 0.336 e. The standard InChI is InChI=1S/C15H20O4/c1-8-4-6-10(7-5-8)15(3)13(16)12-11(19-15)9(2)14(17)18-12/h4,10-13,16H,2,5-7H2,1,3H3/t10-,11?,12?,13-,15+/m1/s1. The number of rotatable bonds is 1. The summed E-state index contributed by atoms with van der Waals surface area (Å²) in [5, 5.41) is 10.5. The molecule has 104 valence electrons. The molecule has 4 nitrogen and oxygen atoms in total. The molecule has 5 atom stereocenters. The molecule has 2 fully saturated rings. The molecular formula is C15H20O4. The lowest BCUT2D eigenvalue weighted by atomic mass is 9.75. The lowest BCUT2D eigenvalue weighted by Crippen LogP contribution is -2.47. The molecule has 3 aliphatic rings. The van der Waals surface area contributed by atoms with Crippen molar-refractivity contribution in [3.05, 3.63) is 23.8 Å². The van der Waals surface area contributed by atoms with Gasteiger partial charge in [-0.1, -0.05) is 18.2 Å². The molecule has 19 heavy (non-hydrogen) atoms. The molecule has 0 radical (unpaired) electrons. The first-order valence-electron chi connectivity index (χ1n) is 6.85. The number of aliphatic hydroxyl groups is 1. The summed E-state index contributed by atoms with van der Waals surface area (Å²) in [6.45, 7) is 7.77. The fraction of sp³-hybridized carbons (Fsp3) is 0.667. The molecule has 2 heterocycles. The average molecular weight is 264 g/mol. The largest absolute Gasteiger partial charge is 0.453 e. The van der Waals surface area contributed by atoms with Crippen molar-refractivity contribution in [3.63, 3.8) is 0 Å². The number of carbonyl (C=O) groups excluding carboxylic acids is 1. The fourth-order valence-corrected chi connectivity index (χ4v) is 3.44. The minimum atomic E-state index is -0.780. The van der Waals surface area contributed by atoms with Crippen molar-refractivity contribution < 1.29 is 19.4 Å². The van der Waals surface area contributed by atoms with Gasteiger partial charge in [-0.3, -0.25) is 0 Å². The molecule has 0 aromatic carbocycles. The van der Waals surface area contributed by atoms with E-state index in [-0.39, 0.29) is 5.92 Å². The normalized spacial score (nSPS) is 45.9. The maximum atomic E-state index is 11.4. The first-order chi connectivity index (χ1) is 8.93. The number of hydrogen-bond donors (Lipinski definition) is 1. The van der Waals surface area contributed by atoms with Gasteiger partial charge in [0.05, 0.1) is 11.2 Å². The average Bonchev–Trinajstić information content (AvgIpc) is 2.79. The lowest BCUT2D eigenvalue weighted by Gasteiger charge is -2.38. The summed E-state index contributed by atoms with van der Waals surface area (Å²) in [5.41, 5.74) is 1.06. The molecule has 0 saturated carbocycles. The van der Waals surface area contributed by atoms with Gasteiger partial charge in [0.2, 0.25) is 0 Å². The lowest BCUT2D eigenvalue weighted by molar-refractivity contribution is -0.147. The predicted molar refractivity (Wildman–Crippen MR) is 69.4 cm³/mol. The topological polar surface area (TPSA) is 55.8 Å². The van der Waals surface area contributed by atoms with Crippen molar-refractivity contribution in [1.29, 1.82) is 0 Å². The molecule has 1 N–H and O–H groups in total. The van der Waals surface area contributed by atoms with Crippen LogP contribution in [0.5, 0.6) is 0 Å². The highest BCUT2D eigenvalue weighted by atomic mass is 16.6. The number of ether oxygens (including phenoxy) is 2. The third-order valence-electron chi connectivity index (χ3n) is 4.88.